The Kier molecular flexibility index (Phi) is 11.4. The fourth-order valence-corrected chi connectivity index (χ4v) is 2.55. The SMILES string of the molecule is CCCCCCCCCCC(C(=O)OCC)C(C)C(F)(F)F. The maximum Gasteiger partial charge on any atom is 0.392 e. The summed E-state index contributed by atoms with van der Waals surface area (Å²) in [5, 5.41) is 0. The van der Waals surface area contributed by atoms with Gasteiger partial charge in [0.25, 0.3) is 0 Å². The molecule has 0 saturated carbocycles. The van der Waals surface area contributed by atoms with E-state index >= 15 is 0 Å². The van der Waals surface area contributed by atoms with E-state index in [4.69, 9.17) is 4.74 Å². The second-order valence-electron chi connectivity index (χ2n) is 5.95. The Balaban J connectivity index is 4.12. The van der Waals surface area contributed by atoms with Gasteiger partial charge in [0.05, 0.1) is 18.4 Å². The first-order valence-electron chi connectivity index (χ1n) is 8.57. The van der Waals surface area contributed by atoms with E-state index in [0.29, 0.717) is 6.42 Å². The number of carbonyl (C=O) groups excluding carboxylic acids is 1. The molecule has 0 saturated heterocycles. The zero-order valence-electron chi connectivity index (χ0n) is 14.2. The Bertz CT molecular complexity index is 290. The number of carbonyl (C=O) groups is 1. The summed E-state index contributed by atoms with van der Waals surface area (Å²) in [7, 11) is 0. The fraction of sp³-hybridized carbons (Fsp3) is 0.941. The zero-order chi connectivity index (χ0) is 17.0. The maximum atomic E-state index is 12.8. The third-order valence-corrected chi connectivity index (χ3v) is 4.08. The Morgan fingerprint density at radius 2 is 1.45 bits per heavy atom. The van der Waals surface area contributed by atoms with Crippen molar-refractivity contribution in [3.05, 3.63) is 0 Å². The molecule has 0 fully saturated rings. The van der Waals surface area contributed by atoms with Crippen molar-refractivity contribution in [2.45, 2.75) is 84.7 Å². The predicted octanol–water partition coefficient (Wildman–Crippen LogP) is 5.89. The molecule has 0 heterocycles. The number of halogens is 3. The summed E-state index contributed by atoms with van der Waals surface area (Å²) in [6.45, 7) is 4.98. The molecule has 0 aliphatic heterocycles. The number of hydrogen-bond acceptors (Lipinski definition) is 2. The largest absolute Gasteiger partial charge is 0.466 e. The summed E-state index contributed by atoms with van der Waals surface area (Å²) >= 11 is 0. The van der Waals surface area contributed by atoms with Crippen LogP contribution in [0.3, 0.4) is 0 Å². The van der Waals surface area contributed by atoms with Gasteiger partial charge in [-0.1, -0.05) is 65.2 Å². The van der Waals surface area contributed by atoms with Crippen LogP contribution in [0.25, 0.3) is 0 Å². The molecule has 0 radical (unpaired) electrons. The molecule has 0 aromatic heterocycles. The summed E-state index contributed by atoms with van der Waals surface area (Å²) in [5.41, 5.74) is 0. The van der Waals surface area contributed by atoms with E-state index in [9.17, 15) is 18.0 Å². The number of esters is 1. The summed E-state index contributed by atoms with van der Waals surface area (Å²) in [5.74, 6) is -3.42. The highest BCUT2D eigenvalue weighted by Gasteiger charge is 2.44. The lowest BCUT2D eigenvalue weighted by molar-refractivity contribution is -0.194. The van der Waals surface area contributed by atoms with Crippen LogP contribution in [0.15, 0.2) is 0 Å². The quantitative estimate of drug-likeness (QED) is 0.330. The smallest absolute Gasteiger partial charge is 0.392 e. The van der Waals surface area contributed by atoms with Crippen molar-refractivity contribution in [3.8, 4) is 0 Å². The lowest BCUT2D eigenvalue weighted by atomic mass is 9.88. The standard InChI is InChI=1S/C17H31F3O2/c1-4-6-7-8-9-10-11-12-13-15(16(21)22-5-2)14(3)17(18,19)20/h14-15H,4-13H2,1-3H3. The van der Waals surface area contributed by atoms with Crippen LogP contribution >= 0.6 is 0 Å². The van der Waals surface area contributed by atoms with Crippen LogP contribution in [0.4, 0.5) is 13.2 Å². The zero-order valence-corrected chi connectivity index (χ0v) is 14.2. The molecular weight excluding hydrogens is 293 g/mol. The van der Waals surface area contributed by atoms with Crippen molar-refractivity contribution >= 4 is 5.97 Å². The molecule has 5 heteroatoms. The van der Waals surface area contributed by atoms with Gasteiger partial charge >= 0.3 is 12.1 Å². The van der Waals surface area contributed by atoms with Crippen LogP contribution in [-0.4, -0.2) is 18.8 Å². The Morgan fingerprint density at radius 1 is 0.955 bits per heavy atom. The van der Waals surface area contributed by atoms with E-state index in [1.165, 1.54) is 25.7 Å². The summed E-state index contributed by atoms with van der Waals surface area (Å²) < 4.78 is 43.3. The highest BCUT2D eigenvalue weighted by Crippen LogP contribution is 2.35. The molecule has 0 aromatic rings. The summed E-state index contributed by atoms with van der Waals surface area (Å²) in [6, 6.07) is 0. The van der Waals surface area contributed by atoms with Gasteiger partial charge in [0.15, 0.2) is 0 Å². The van der Waals surface area contributed by atoms with Gasteiger partial charge in [-0.3, -0.25) is 4.79 Å². The fourth-order valence-electron chi connectivity index (χ4n) is 2.55. The van der Waals surface area contributed by atoms with Crippen molar-refractivity contribution in [3.63, 3.8) is 0 Å². The van der Waals surface area contributed by atoms with E-state index in [1.54, 1.807) is 6.92 Å². The molecule has 0 rings (SSSR count). The van der Waals surface area contributed by atoms with Crippen molar-refractivity contribution in [1.29, 1.82) is 0 Å². The van der Waals surface area contributed by atoms with Crippen LogP contribution in [0.5, 0.6) is 0 Å². The molecule has 2 atom stereocenters. The van der Waals surface area contributed by atoms with Crippen LogP contribution < -0.4 is 0 Å². The van der Waals surface area contributed by atoms with E-state index < -0.39 is 24.0 Å². The monoisotopic (exact) mass is 324 g/mol. The van der Waals surface area contributed by atoms with Gasteiger partial charge in [0, 0.05) is 0 Å². The normalized spacial score (nSPS) is 14.6. The molecule has 0 aliphatic rings. The topological polar surface area (TPSA) is 26.3 Å². The molecule has 2 unspecified atom stereocenters. The van der Waals surface area contributed by atoms with Crippen molar-refractivity contribution in [2.75, 3.05) is 6.61 Å². The minimum Gasteiger partial charge on any atom is -0.466 e. The van der Waals surface area contributed by atoms with Gasteiger partial charge in [-0.25, -0.2) is 0 Å². The summed E-state index contributed by atoms with van der Waals surface area (Å²) in [4.78, 5) is 11.7. The van der Waals surface area contributed by atoms with Crippen molar-refractivity contribution in [1.82, 2.24) is 0 Å². The maximum absolute atomic E-state index is 12.8. The van der Waals surface area contributed by atoms with E-state index in [2.05, 4.69) is 6.92 Å². The van der Waals surface area contributed by atoms with E-state index in [1.807, 2.05) is 0 Å². The Labute approximate surface area is 132 Å². The average molecular weight is 324 g/mol. The molecule has 0 N–H and O–H groups in total. The first-order chi connectivity index (χ1) is 10.3. The van der Waals surface area contributed by atoms with Crippen LogP contribution in [0.1, 0.15) is 78.6 Å². The first kappa shape index (κ1) is 21.3. The molecule has 0 aliphatic carbocycles. The molecule has 22 heavy (non-hydrogen) atoms. The van der Waals surface area contributed by atoms with Crippen LogP contribution in [0.2, 0.25) is 0 Å². The minimum absolute atomic E-state index is 0.122. The van der Waals surface area contributed by atoms with Gasteiger partial charge in [-0.05, 0) is 13.3 Å². The highest BCUT2D eigenvalue weighted by molar-refractivity contribution is 5.72. The highest BCUT2D eigenvalue weighted by atomic mass is 19.4. The molecule has 132 valence electrons. The third-order valence-electron chi connectivity index (χ3n) is 4.08. The predicted molar refractivity (Wildman–Crippen MR) is 82.6 cm³/mol. The van der Waals surface area contributed by atoms with E-state index in [-0.39, 0.29) is 13.0 Å². The van der Waals surface area contributed by atoms with Crippen molar-refractivity contribution in [2.24, 2.45) is 11.8 Å². The third kappa shape index (κ3) is 9.31. The molecule has 0 aromatic carbocycles. The Morgan fingerprint density at radius 3 is 1.91 bits per heavy atom. The molecule has 0 bridgehead atoms. The number of rotatable bonds is 12. The van der Waals surface area contributed by atoms with Crippen LogP contribution in [-0.2, 0) is 9.53 Å². The second kappa shape index (κ2) is 11.8. The molecule has 0 amide bonds. The van der Waals surface area contributed by atoms with Gasteiger partial charge < -0.3 is 4.74 Å². The minimum atomic E-state index is -4.35. The number of alkyl halides is 3. The second-order valence-corrected chi connectivity index (χ2v) is 5.95. The van der Waals surface area contributed by atoms with E-state index in [0.717, 1.165) is 26.2 Å². The lowest BCUT2D eigenvalue weighted by Crippen LogP contribution is -2.34. The van der Waals surface area contributed by atoms with Gasteiger partial charge in [0.2, 0.25) is 0 Å². The molecule has 0 spiro atoms. The number of unbranched alkanes of at least 4 members (excludes halogenated alkanes) is 7. The van der Waals surface area contributed by atoms with Gasteiger partial charge in [0.1, 0.15) is 0 Å². The molecule has 2 nitrogen and oxygen atoms in total. The lowest BCUT2D eigenvalue weighted by Gasteiger charge is -2.24. The van der Waals surface area contributed by atoms with Crippen LogP contribution in [0, 0.1) is 11.8 Å². The average Bonchev–Trinajstić information content (AvgIpc) is 2.44. The number of hydrogen-bond donors (Lipinski definition) is 0. The summed E-state index contributed by atoms with van der Waals surface area (Å²) in [6.07, 6.45) is 4.46. The van der Waals surface area contributed by atoms with Crippen molar-refractivity contribution < 1.29 is 22.7 Å². The first-order valence-corrected chi connectivity index (χ1v) is 8.57. The van der Waals surface area contributed by atoms with Gasteiger partial charge in [-0.2, -0.15) is 13.2 Å². The number of ether oxygens (including phenoxy) is 1. The van der Waals surface area contributed by atoms with Gasteiger partial charge in [-0.15, -0.1) is 0 Å². The molecular formula is C17H31F3O2. The Hall–Kier alpha value is -0.740.